The average Bonchev–Trinajstić information content (AvgIpc) is 2.86. The Labute approximate surface area is 101 Å². The Kier molecular flexibility index (Phi) is 3.58. The fraction of sp³-hybridized carbons (Fsp3) is 0.500. The van der Waals surface area contributed by atoms with E-state index in [1.807, 2.05) is 35.6 Å². The maximum Gasteiger partial charge on any atom is 0.0597 e. The molecule has 0 aliphatic rings. The predicted molar refractivity (Wildman–Crippen MR) is 66.5 cm³/mol. The van der Waals surface area contributed by atoms with Crippen LogP contribution in [0.1, 0.15) is 18.3 Å². The summed E-state index contributed by atoms with van der Waals surface area (Å²) in [5.74, 6) is 0. The molecule has 2 heterocycles. The summed E-state index contributed by atoms with van der Waals surface area (Å²) in [4.78, 5) is 0. The molecule has 2 rings (SSSR count). The van der Waals surface area contributed by atoms with E-state index < -0.39 is 0 Å². The van der Waals surface area contributed by atoms with Crippen LogP contribution in [-0.4, -0.2) is 25.6 Å². The summed E-state index contributed by atoms with van der Waals surface area (Å²) in [7, 11) is 1.97. The Bertz CT molecular complexity index is 457. The van der Waals surface area contributed by atoms with Gasteiger partial charge in [0, 0.05) is 32.0 Å². The van der Waals surface area contributed by atoms with Crippen molar-refractivity contribution >= 4 is 0 Å². The van der Waals surface area contributed by atoms with Gasteiger partial charge in [0.2, 0.25) is 0 Å². The highest BCUT2D eigenvalue weighted by Gasteiger charge is 2.05. The van der Waals surface area contributed by atoms with E-state index in [0.717, 1.165) is 18.8 Å². The van der Waals surface area contributed by atoms with Crippen molar-refractivity contribution in [3.05, 3.63) is 35.9 Å². The minimum Gasteiger partial charge on any atom is -0.307 e. The van der Waals surface area contributed by atoms with Gasteiger partial charge in [-0.3, -0.25) is 9.36 Å². The summed E-state index contributed by atoms with van der Waals surface area (Å²) in [6.45, 7) is 5.88. The molecule has 1 unspecified atom stereocenters. The first-order chi connectivity index (χ1) is 8.15. The molecule has 0 bridgehead atoms. The number of nitrogens with one attached hydrogen (secondary N) is 1. The molecule has 2 aromatic heterocycles. The van der Waals surface area contributed by atoms with Gasteiger partial charge < -0.3 is 5.32 Å². The average molecular weight is 233 g/mol. The molecule has 5 nitrogen and oxygen atoms in total. The monoisotopic (exact) mass is 233 g/mol. The lowest BCUT2D eigenvalue weighted by molar-refractivity contribution is 0.443. The zero-order chi connectivity index (χ0) is 12.3. The number of nitrogens with zero attached hydrogens (tertiary/aromatic N) is 4. The Balaban J connectivity index is 1.84. The first-order valence-electron chi connectivity index (χ1n) is 5.85. The van der Waals surface area contributed by atoms with Gasteiger partial charge in [-0.2, -0.15) is 10.2 Å². The normalized spacial score (nSPS) is 12.9. The van der Waals surface area contributed by atoms with Crippen molar-refractivity contribution in [3.63, 3.8) is 0 Å². The summed E-state index contributed by atoms with van der Waals surface area (Å²) in [6, 6.07) is 4.43. The van der Waals surface area contributed by atoms with Gasteiger partial charge >= 0.3 is 0 Å². The van der Waals surface area contributed by atoms with Crippen LogP contribution in [0.2, 0.25) is 0 Å². The van der Waals surface area contributed by atoms with Crippen LogP contribution < -0.4 is 5.32 Å². The standard InChI is InChI=1S/C12H19N5/c1-10-7-12(16(3)15-10)8-13-11(2)9-17-6-4-5-14-17/h4-7,11,13H,8-9H2,1-3H3. The molecule has 1 atom stereocenters. The topological polar surface area (TPSA) is 47.7 Å². The number of rotatable bonds is 5. The second-order valence-electron chi connectivity index (χ2n) is 4.41. The lowest BCUT2D eigenvalue weighted by Crippen LogP contribution is -2.30. The highest BCUT2D eigenvalue weighted by Crippen LogP contribution is 2.02. The third kappa shape index (κ3) is 3.17. The molecule has 5 heteroatoms. The predicted octanol–water partition coefficient (Wildman–Crippen LogP) is 1.10. The molecule has 0 fully saturated rings. The van der Waals surface area contributed by atoms with Crippen molar-refractivity contribution in [2.24, 2.45) is 7.05 Å². The first-order valence-corrected chi connectivity index (χ1v) is 5.85. The lowest BCUT2D eigenvalue weighted by Gasteiger charge is -2.13. The lowest BCUT2D eigenvalue weighted by atomic mass is 10.3. The molecular weight excluding hydrogens is 214 g/mol. The van der Waals surface area contributed by atoms with Crippen molar-refractivity contribution in [1.29, 1.82) is 0 Å². The molecule has 0 saturated heterocycles. The van der Waals surface area contributed by atoms with Gasteiger partial charge in [-0.15, -0.1) is 0 Å². The van der Waals surface area contributed by atoms with E-state index in [1.54, 1.807) is 6.20 Å². The smallest absolute Gasteiger partial charge is 0.0597 e. The molecule has 1 N–H and O–H groups in total. The summed E-state index contributed by atoms with van der Waals surface area (Å²) in [6.07, 6.45) is 3.78. The van der Waals surface area contributed by atoms with Crippen molar-refractivity contribution in [2.45, 2.75) is 33.0 Å². The Hall–Kier alpha value is -1.62. The third-order valence-electron chi connectivity index (χ3n) is 2.75. The van der Waals surface area contributed by atoms with Crippen LogP contribution in [-0.2, 0) is 20.1 Å². The number of hydrogen-bond donors (Lipinski definition) is 1. The molecule has 92 valence electrons. The number of aryl methyl sites for hydroxylation is 2. The van der Waals surface area contributed by atoms with Gasteiger partial charge in [-0.05, 0) is 26.0 Å². The quantitative estimate of drug-likeness (QED) is 0.841. The van der Waals surface area contributed by atoms with Gasteiger partial charge in [0.25, 0.3) is 0 Å². The van der Waals surface area contributed by atoms with Crippen LogP contribution in [0.5, 0.6) is 0 Å². The molecule has 0 aromatic carbocycles. The second kappa shape index (κ2) is 5.14. The van der Waals surface area contributed by atoms with Gasteiger partial charge in [0.15, 0.2) is 0 Å². The third-order valence-corrected chi connectivity index (χ3v) is 2.75. The summed E-state index contributed by atoms with van der Waals surface area (Å²) >= 11 is 0. The highest BCUT2D eigenvalue weighted by molar-refractivity contribution is 5.08. The van der Waals surface area contributed by atoms with E-state index in [2.05, 4.69) is 28.5 Å². The highest BCUT2D eigenvalue weighted by atomic mass is 15.3. The van der Waals surface area contributed by atoms with Crippen molar-refractivity contribution in [3.8, 4) is 0 Å². The van der Waals surface area contributed by atoms with Crippen molar-refractivity contribution < 1.29 is 0 Å². The second-order valence-corrected chi connectivity index (χ2v) is 4.41. The Morgan fingerprint density at radius 1 is 1.47 bits per heavy atom. The summed E-state index contributed by atoms with van der Waals surface area (Å²) in [5.41, 5.74) is 2.26. The number of hydrogen-bond acceptors (Lipinski definition) is 3. The molecule has 0 saturated carbocycles. The fourth-order valence-corrected chi connectivity index (χ4v) is 1.86. The van der Waals surface area contributed by atoms with Crippen LogP contribution in [0.4, 0.5) is 0 Å². The first kappa shape index (κ1) is 11.9. The van der Waals surface area contributed by atoms with Gasteiger partial charge in [0.1, 0.15) is 0 Å². The van der Waals surface area contributed by atoms with E-state index in [1.165, 1.54) is 5.69 Å². The van der Waals surface area contributed by atoms with E-state index in [-0.39, 0.29) is 0 Å². The summed E-state index contributed by atoms with van der Waals surface area (Å²) < 4.78 is 3.86. The van der Waals surface area contributed by atoms with Crippen LogP contribution in [0, 0.1) is 6.92 Å². The maximum atomic E-state index is 4.32. The minimum atomic E-state index is 0.380. The van der Waals surface area contributed by atoms with E-state index in [9.17, 15) is 0 Å². The zero-order valence-electron chi connectivity index (χ0n) is 10.6. The van der Waals surface area contributed by atoms with E-state index in [4.69, 9.17) is 0 Å². The maximum absolute atomic E-state index is 4.32. The Morgan fingerprint density at radius 3 is 2.88 bits per heavy atom. The van der Waals surface area contributed by atoms with Gasteiger partial charge in [0.05, 0.1) is 17.9 Å². The largest absolute Gasteiger partial charge is 0.307 e. The Morgan fingerprint density at radius 2 is 2.29 bits per heavy atom. The van der Waals surface area contributed by atoms with Crippen molar-refractivity contribution in [2.75, 3.05) is 0 Å². The fourth-order valence-electron chi connectivity index (χ4n) is 1.86. The van der Waals surface area contributed by atoms with Crippen LogP contribution in [0.3, 0.4) is 0 Å². The molecular formula is C12H19N5. The molecule has 17 heavy (non-hydrogen) atoms. The van der Waals surface area contributed by atoms with Crippen LogP contribution >= 0.6 is 0 Å². The number of aromatic nitrogens is 4. The SMILES string of the molecule is Cc1cc(CNC(C)Cn2cccn2)n(C)n1. The van der Waals surface area contributed by atoms with Gasteiger partial charge in [-0.25, -0.2) is 0 Å². The molecule has 2 aromatic rings. The van der Waals surface area contributed by atoms with E-state index >= 15 is 0 Å². The summed E-state index contributed by atoms with van der Waals surface area (Å²) in [5, 5.41) is 12.0. The van der Waals surface area contributed by atoms with Gasteiger partial charge in [-0.1, -0.05) is 0 Å². The van der Waals surface area contributed by atoms with Crippen LogP contribution in [0.15, 0.2) is 24.5 Å². The molecule has 0 amide bonds. The molecule has 0 spiro atoms. The molecule has 0 aliphatic heterocycles. The molecule has 0 radical (unpaired) electrons. The zero-order valence-corrected chi connectivity index (χ0v) is 10.6. The molecule has 0 aliphatic carbocycles. The van der Waals surface area contributed by atoms with Crippen LogP contribution in [0.25, 0.3) is 0 Å². The van der Waals surface area contributed by atoms with E-state index in [0.29, 0.717) is 6.04 Å². The minimum absolute atomic E-state index is 0.380. The van der Waals surface area contributed by atoms with Crippen molar-refractivity contribution in [1.82, 2.24) is 24.9 Å².